The summed E-state index contributed by atoms with van der Waals surface area (Å²) in [5, 5.41) is 0. The van der Waals surface area contributed by atoms with E-state index in [4.69, 9.17) is 5.73 Å². The summed E-state index contributed by atoms with van der Waals surface area (Å²) in [4.78, 5) is 16.7. The van der Waals surface area contributed by atoms with Gasteiger partial charge in [0.2, 0.25) is 0 Å². The average Bonchev–Trinajstić information content (AvgIpc) is 2.46. The molecule has 1 atom stereocenters. The van der Waals surface area contributed by atoms with Crippen molar-refractivity contribution in [2.75, 3.05) is 26.7 Å². The van der Waals surface area contributed by atoms with Crippen molar-refractivity contribution in [2.45, 2.75) is 57.4 Å². The molecule has 2 N–H and O–H groups in total. The maximum atomic E-state index is 12.7. The molecular formula is C15H29N3O. The highest BCUT2D eigenvalue weighted by molar-refractivity contribution is 5.75. The Balaban J connectivity index is 2.04. The van der Waals surface area contributed by atoms with Crippen molar-refractivity contribution >= 4 is 6.03 Å². The lowest BCUT2D eigenvalue weighted by atomic mass is 9.80. The number of urea groups is 1. The van der Waals surface area contributed by atoms with Gasteiger partial charge in [0.25, 0.3) is 0 Å². The number of carbonyl (C=O) groups is 1. The van der Waals surface area contributed by atoms with Crippen molar-refractivity contribution in [1.82, 2.24) is 9.80 Å². The van der Waals surface area contributed by atoms with E-state index in [2.05, 4.69) is 6.92 Å². The number of nitrogens with two attached hydrogens (primary N) is 1. The number of nitrogens with zero attached hydrogens (tertiary/aromatic N) is 2. The molecule has 2 rings (SSSR count). The zero-order chi connectivity index (χ0) is 13.9. The maximum Gasteiger partial charge on any atom is 0.320 e. The van der Waals surface area contributed by atoms with Gasteiger partial charge in [0.15, 0.2) is 0 Å². The molecule has 2 amide bonds. The van der Waals surface area contributed by atoms with Crippen molar-refractivity contribution in [3.8, 4) is 0 Å². The van der Waals surface area contributed by atoms with Crippen molar-refractivity contribution < 1.29 is 4.79 Å². The van der Waals surface area contributed by atoms with E-state index in [1.54, 1.807) is 0 Å². The Labute approximate surface area is 117 Å². The molecule has 1 saturated heterocycles. The van der Waals surface area contributed by atoms with Gasteiger partial charge in [-0.3, -0.25) is 0 Å². The molecule has 110 valence electrons. The van der Waals surface area contributed by atoms with Crippen LogP contribution < -0.4 is 5.73 Å². The molecule has 0 bridgehead atoms. The van der Waals surface area contributed by atoms with Crippen molar-refractivity contribution in [3.05, 3.63) is 0 Å². The molecule has 1 saturated carbocycles. The van der Waals surface area contributed by atoms with Crippen LogP contribution in [0.5, 0.6) is 0 Å². The van der Waals surface area contributed by atoms with Crippen LogP contribution in [0.1, 0.15) is 51.9 Å². The topological polar surface area (TPSA) is 49.6 Å². The van der Waals surface area contributed by atoms with Crippen molar-refractivity contribution in [2.24, 2.45) is 11.7 Å². The number of hydrogen-bond donors (Lipinski definition) is 1. The van der Waals surface area contributed by atoms with Crippen LogP contribution in [0.15, 0.2) is 0 Å². The number of hydrogen-bond acceptors (Lipinski definition) is 2. The molecule has 1 heterocycles. The lowest BCUT2D eigenvalue weighted by Crippen LogP contribution is -2.59. The van der Waals surface area contributed by atoms with Gasteiger partial charge in [0.1, 0.15) is 0 Å². The van der Waals surface area contributed by atoms with E-state index in [0.717, 1.165) is 32.4 Å². The fourth-order valence-electron chi connectivity index (χ4n) is 3.66. The van der Waals surface area contributed by atoms with Crippen molar-refractivity contribution in [3.63, 3.8) is 0 Å². The molecule has 0 radical (unpaired) electrons. The molecule has 0 aromatic carbocycles. The SMILES string of the molecule is CC1CCCN(C(=O)N(C)C2(CN)CCCCC2)C1. The Morgan fingerprint density at radius 1 is 1.32 bits per heavy atom. The molecule has 4 heteroatoms. The van der Waals surface area contributed by atoms with Gasteiger partial charge in [0.05, 0.1) is 5.54 Å². The summed E-state index contributed by atoms with van der Waals surface area (Å²) in [6.07, 6.45) is 8.19. The van der Waals surface area contributed by atoms with Crippen molar-refractivity contribution in [1.29, 1.82) is 0 Å². The van der Waals surface area contributed by atoms with Gasteiger partial charge in [-0.2, -0.15) is 0 Å². The molecule has 2 fully saturated rings. The third-order valence-electron chi connectivity index (χ3n) is 5.09. The van der Waals surface area contributed by atoms with Crippen LogP contribution in [0.25, 0.3) is 0 Å². The zero-order valence-corrected chi connectivity index (χ0v) is 12.5. The summed E-state index contributed by atoms with van der Waals surface area (Å²) >= 11 is 0. The van der Waals surface area contributed by atoms with E-state index in [-0.39, 0.29) is 11.6 Å². The Bertz CT molecular complexity index is 313. The molecule has 2 aliphatic rings. The molecule has 4 nitrogen and oxygen atoms in total. The average molecular weight is 267 g/mol. The number of likely N-dealkylation sites (tertiary alicyclic amines) is 1. The Morgan fingerprint density at radius 3 is 2.58 bits per heavy atom. The first-order valence-electron chi connectivity index (χ1n) is 7.82. The second-order valence-electron chi connectivity index (χ2n) is 6.52. The first-order chi connectivity index (χ1) is 9.09. The lowest BCUT2D eigenvalue weighted by molar-refractivity contribution is 0.0707. The standard InChI is InChI=1S/C15H29N3O/c1-13-7-6-10-18(11-13)14(19)17(2)15(12-16)8-4-3-5-9-15/h13H,3-12,16H2,1-2H3. The van der Waals surface area contributed by atoms with Crippen LogP contribution >= 0.6 is 0 Å². The first kappa shape index (κ1) is 14.6. The highest BCUT2D eigenvalue weighted by Crippen LogP contribution is 2.33. The minimum atomic E-state index is -0.0873. The number of likely N-dealkylation sites (N-methyl/N-ethyl adjacent to an activating group) is 1. The summed E-state index contributed by atoms with van der Waals surface area (Å²) in [5.74, 6) is 0.631. The first-order valence-corrected chi connectivity index (χ1v) is 7.82. The van der Waals surface area contributed by atoms with Gasteiger partial charge in [-0.1, -0.05) is 26.2 Å². The molecule has 1 aliphatic carbocycles. The number of rotatable bonds is 2. The molecule has 0 aromatic heterocycles. The Kier molecular flexibility index (Phi) is 4.71. The second kappa shape index (κ2) is 6.12. The van der Waals surface area contributed by atoms with E-state index < -0.39 is 0 Å². The highest BCUT2D eigenvalue weighted by atomic mass is 16.2. The lowest BCUT2D eigenvalue weighted by Gasteiger charge is -2.46. The molecule has 1 unspecified atom stereocenters. The predicted molar refractivity (Wildman–Crippen MR) is 78.0 cm³/mol. The summed E-state index contributed by atoms with van der Waals surface area (Å²) in [5.41, 5.74) is 5.93. The van der Waals surface area contributed by atoms with Crippen LogP contribution in [-0.4, -0.2) is 48.1 Å². The predicted octanol–water partition coefficient (Wildman–Crippen LogP) is 2.43. The number of carbonyl (C=O) groups excluding carboxylic acids is 1. The minimum absolute atomic E-state index is 0.0873. The zero-order valence-electron chi connectivity index (χ0n) is 12.5. The van der Waals surface area contributed by atoms with Crippen LogP contribution in [0.3, 0.4) is 0 Å². The van der Waals surface area contributed by atoms with Gasteiger partial charge in [-0.25, -0.2) is 4.79 Å². The Hall–Kier alpha value is -0.770. The van der Waals surface area contributed by atoms with Gasteiger partial charge in [-0.15, -0.1) is 0 Å². The van der Waals surface area contributed by atoms with Gasteiger partial charge < -0.3 is 15.5 Å². The fourth-order valence-corrected chi connectivity index (χ4v) is 3.66. The number of amides is 2. The van der Waals surface area contributed by atoms with E-state index in [1.165, 1.54) is 25.7 Å². The van der Waals surface area contributed by atoms with E-state index in [9.17, 15) is 4.79 Å². The monoisotopic (exact) mass is 267 g/mol. The van der Waals surface area contributed by atoms with Crippen LogP contribution in [0.2, 0.25) is 0 Å². The van der Waals surface area contributed by atoms with E-state index in [0.29, 0.717) is 12.5 Å². The summed E-state index contributed by atoms with van der Waals surface area (Å²) < 4.78 is 0. The molecule has 19 heavy (non-hydrogen) atoms. The number of piperidine rings is 1. The Morgan fingerprint density at radius 2 is 2.00 bits per heavy atom. The third-order valence-corrected chi connectivity index (χ3v) is 5.09. The highest BCUT2D eigenvalue weighted by Gasteiger charge is 2.39. The molecule has 0 spiro atoms. The maximum absolute atomic E-state index is 12.7. The summed E-state index contributed by atoms with van der Waals surface area (Å²) in [6, 6.07) is 0.193. The van der Waals surface area contributed by atoms with Gasteiger partial charge >= 0.3 is 6.03 Å². The molecule has 0 aromatic rings. The summed E-state index contributed by atoms with van der Waals surface area (Å²) in [6.45, 7) is 4.65. The molecule has 1 aliphatic heterocycles. The van der Waals surface area contributed by atoms with Gasteiger partial charge in [-0.05, 0) is 31.6 Å². The largest absolute Gasteiger partial charge is 0.328 e. The van der Waals surface area contributed by atoms with Crippen LogP contribution in [-0.2, 0) is 0 Å². The van der Waals surface area contributed by atoms with Crippen LogP contribution in [0.4, 0.5) is 4.79 Å². The normalized spacial score (nSPS) is 27.1. The van der Waals surface area contributed by atoms with E-state index in [1.807, 2.05) is 16.8 Å². The molecular weight excluding hydrogens is 238 g/mol. The van der Waals surface area contributed by atoms with Crippen LogP contribution in [0, 0.1) is 5.92 Å². The quantitative estimate of drug-likeness (QED) is 0.835. The van der Waals surface area contributed by atoms with Gasteiger partial charge in [0, 0.05) is 26.7 Å². The third kappa shape index (κ3) is 3.04. The smallest absolute Gasteiger partial charge is 0.320 e. The van der Waals surface area contributed by atoms with E-state index >= 15 is 0 Å². The fraction of sp³-hybridized carbons (Fsp3) is 0.933. The second-order valence-corrected chi connectivity index (χ2v) is 6.52. The minimum Gasteiger partial charge on any atom is -0.328 e. The summed E-state index contributed by atoms with van der Waals surface area (Å²) in [7, 11) is 1.96.